The smallest absolute Gasteiger partial charge is 0.159 e. The predicted molar refractivity (Wildman–Crippen MR) is 56.0 cm³/mol. The van der Waals surface area contributed by atoms with Crippen LogP contribution >= 0.6 is 0 Å². The predicted octanol–water partition coefficient (Wildman–Crippen LogP) is 1.77. The molecule has 4 heteroatoms. The Morgan fingerprint density at radius 3 is 2.43 bits per heavy atom. The van der Waals surface area contributed by atoms with Crippen LogP contribution in [-0.4, -0.2) is 17.1 Å². The third-order valence-electron chi connectivity index (χ3n) is 2.39. The molecule has 0 fully saturated rings. The van der Waals surface area contributed by atoms with Crippen LogP contribution in [0.1, 0.15) is 36.5 Å². The highest BCUT2D eigenvalue weighted by molar-refractivity contribution is 5.40. The molecule has 2 N–H and O–H groups in total. The molecule has 0 aromatic carbocycles. The van der Waals surface area contributed by atoms with E-state index in [4.69, 9.17) is 10.5 Å². The number of hydrogen-bond donors (Lipinski definition) is 1. The summed E-state index contributed by atoms with van der Waals surface area (Å²) in [4.78, 5) is 8.58. The van der Waals surface area contributed by atoms with Gasteiger partial charge in [0.1, 0.15) is 11.9 Å². The van der Waals surface area contributed by atoms with Crippen LogP contribution in [0.25, 0.3) is 0 Å². The molecule has 0 aliphatic rings. The Labute approximate surface area is 84.5 Å². The molecule has 0 radical (unpaired) electrons. The number of nitrogens with two attached hydrogens (primary N) is 1. The van der Waals surface area contributed by atoms with Gasteiger partial charge in [-0.1, -0.05) is 6.92 Å². The lowest BCUT2D eigenvalue weighted by Crippen LogP contribution is -2.10. The molecule has 0 bridgehead atoms. The van der Waals surface area contributed by atoms with Gasteiger partial charge in [0.15, 0.2) is 5.82 Å². The van der Waals surface area contributed by atoms with Crippen molar-refractivity contribution < 1.29 is 4.74 Å². The van der Waals surface area contributed by atoms with Gasteiger partial charge >= 0.3 is 0 Å². The zero-order valence-corrected chi connectivity index (χ0v) is 9.16. The molecule has 0 saturated heterocycles. The summed E-state index contributed by atoms with van der Waals surface area (Å²) in [6, 6.07) is 0. The molecule has 14 heavy (non-hydrogen) atoms. The fraction of sp³-hybridized carbons (Fsp3) is 0.600. The molecule has 1 atom stereocenters. The second-order valence-corrected chi connectivity index (χ2v) is 3.31. The van der Waals surface area contributed by atoms with Gasteiger partial charge in [-0.2, -0.15) is 0 Å². The summed E-state index contributed by atoms with van der Waals surface area (Å²) in [6.45, 7) is 5.88. The van der Waals surface area contributed by atoms with Crippen LogP contribution in [0.15, 0.2) is 0 Å². The van der Waals surface area contributed by atoms with Crippen molar-refractivity contribution >= 4 is 5.82 Å². The van der Waals surface area contributed by atoms with Gasteiger partial charge < -0.3 is 10.5 Å². The number of hydrogen-bond acceptors (Lipinski definition) is 4. The summed E-state index contributed by atoms with van der Waals surface area (Å²) in [7, 11) is 1.66. The summed E-state index contributed by atoms with van der Waals surface area (Å²) < 4.78 is 5.25. The Morgan fingerprint density at radius 1 is 1.36 bits per heavy atom. The van der Waals surface area contributed by atoms with Crippen molar-refractivity contribution in [1.29, 1.82) is 0 Å². The topological polar surface area (TPSA) is 61.0 Å². The van der Waals surface area contributed by atoms with E-state index in [1.165, 1.54) is 0 Å². The van der Waals surface area contributed by atoms with Crippen LogP contribution in [0.4, 0.5) is 5.82 Å². The normalized spacial score (nSPS) is 12.9. The number of anilines is 1. The Morgan fingerprint density at radius 2 is 2.00 bits per heavy atom. The van der Waals surface area contributed by atoms with Crippen molar-refractivity contribution in [2.75, 3.05) is 12.8 Å². The molecule has 0 aliphatic carbocycles. The lowest BCUT2D eigenvalue weighted by Gasteiger charge is -2.13. The maximum absolute atomic E-state index is 5.76. The van der Waals surface area contributed by atoms with Crippen molar-refractivity contribution in [3.63, 3.8) is 0 Å². The Hall–Kier alpha value is -1.16. The average Bonchev–Trinajstić information content (AvgIpc) is 2.16. The molecule has 1 unspecified atom stereocenters. The number of methoxy groups -OCH3 is 1. The van der Waals surface area contributed by atoms with Crippen LogP contribution in [-0.2, 0) is 4.74 Å². The van der Waals surface area contributed by atoms with E-state index >= 15 is 0 Å². The second-order valence-electron chi connectivity index (χ2n) is 3.31. The molecule has 78 valence electrons. The third kappa shape index (κ3) is 2.01. The first kappa shape index (κ1) is 10.9. The summed E-state index contributed by atoms with van der Waals surface area (Å²) >= 11 is 0. The van der Waals surface area contributed by atoms with Crippen LogP contribution in [0.2, 0.25) is 0 Å². The van der Waals surface area contributed by atoms with E-state index in [1.54, 1.807) is 7.11 Å². The molecule has 1 heterocycles. The third-order valence-corrected chi connectivity index (χ3v) is 2.39. The number of aryl methyl sites for hydroxylation is 1. The number of nitrogen functional groups attached to an aromatic ring is 1. The lowest BCUT2D eigenvalue weighted by molar-refractivity contribution is 0.0925. The highest BCUT2D eigenvalue weighted by Gasteiger charge is 2.13. The quantitative estimate of drug-likeness (QED) is 0.798. The van der Waals surface area contributed by atoms with Crippen LogP contribution in [0.5, 0.6) is 0 Å². The van der Waals surface area contributed by atoms with Crippen LogP contribution < -0.4 is 5.73 Å². The molecule has 0 spiro atoms. The summed E-state index contributed by atoms with van der Waals surface area (Å²) in [5.74, 6) is 1.22. The minimum atomic E-state index is -0.0587. The van der Waals surface area contributed by atoms with Crippen LogP contribution in [0.3, 0.4) is 0 Å². The van der Waals surface area contributed by atoms with Crippen LogP contribution in [0, 0.1) is 13.8 Å². The average molecular weight is 195 g/mol. The SMILES string of the molecule is CCC(OC)c1nc(C)c(C)c(N)n1. The molecular formula is C10H17N3O. The molecule has 1 aromatic heterocycles. The number of ether oxygens (including phenoxy) is 1. The Bertz CT molecular complexity index is 298. The van der Waals surface area contributed by atoms with Crippen molar-refractivity contribution in [1.82, 2.24) is 9.97 Å². The van der Waals surface area contributed by atoms with Gasteiger partial charge in [-0.3, -0.25) is 0 Å². The highest BCUT2D eigenvalue weighted by Crippen LogP contribution is 2.19. The van der Waals surface area contributed by atoms with Gasteiger partial charge in [0.25, 0.3) is 0 Å². The van der Waals surface area contributed by atoms with Gasteiger partial charge in [0.2, 0.25) is 0 Å². The largest absolute Gasteiger partial charge is 0.383 e. The molecule has 0 aliphatic heterocycles. The molecule has 1 aromatic rings. The maximum atomic E-state index is 5.76. The lowest BCUT2D eigenvalue weighted by atomic mass is 10.2. The van der Waals surface area contributed by atoms with E-state index in [0.717, 1.165) is 17.7 Å². The minimum Gasteiger partial charge on any atom is -0.383 e. The summed E-state index contributed by atoms with van der Waals surface area (Å²) in [5.41, 5.74) is 7.63. The van der Waals surface area contributed by atoms with Gasteiger partial charge in [0.05, 0.1) is 0 Å². The van der Waals surface area contributed by atoms with E-state index in [2.05, 4.69) is 9.97 Å². The molecule has 1 rings (SSSR count). The Balaban J connectivity index is 3.11. The summed E-state index contributed by atoms with van der Waals surface area (Å²) in [6.07, 6.45) is 0.787. The van der Waals surface area contributed by atoms with E-state index in [0.29, 0.717) is 11.6 Å². The van der Waals surface area contributed by atoms with E-state index in [-0.39, 0.29) is 6.10 Å². The fourth-order valence-corrected chi connectivity index (χ4v) is 1.27. The highest BCUT2D eigenvalue weighted by atomic mass is 16.5. The van der Waals surface area contributed by atoms with Gasteiger partial charge in [0, 0.05) is 18.4 Å². The van der Waals surface area contributed by atoms with Crippen molar-refractivity contribution in [3.8, 4) is 0 Å². The van der Waals surface area contributed by atoms with Gasteiger partial charge in [-0.15, -0.1) is 0 Å². The standard InChI is InChI=1S/C10H17N3O/c1-5-8(14-4)10-12-7(3)6(2)9(11)13-10/h8H,5H2,1-4H3,(H2,11,12,13). The Kier molecular flexibility index (Phi) is 3.41. The van der Waals surface area contributed by atoms with E-state index < -0.39 is 0 Å². The first-order valence-corrected chi connectivity index (χ1v) is 4.73. The van der Waals surface area contributed by atoms with Crippen molar-refractivity contribution in [3.05, 3.63) is 17.1 Å². The number of aromatic nitrogens is 2. The minimum absolute atomic E-state index is 0.0587. The fourth-order valence-electron chi connectivity index (χ4n) is 1.27. The summed E-state index contributed by atoms with van der Waals surface area (Å²) in [5, 5.41) is 0. The first-order chi connectivity index (χ1) is 6.60. The molecule has 0 amide bonds. The maximum Gasteiger partial charge on any atom is 0.159 e. The zero-order valence-electron chi connectivity index (χ0n) is 9.16. The van der Waals surface area contributed by atoms with Gasteiger partial charge in [-0.05, 0) is 20.3 Å². The monoisotopic (exact) mass is 195 g/mol. The zero-order chi connectivity index (χ0) is 10.7. The molecule has 0 saturated carbocycles. The van der Waals surface area contributed by atoms with Crippen molar-refractivity contribution in [2.24, 2.45) is 0 Å². The molecular weight excluding hydrogens is 178 g/mol. The number of rotatable bonds is 3. The first-order valence-electron chi connectivity index (χ1n) is 4.73. The number of nitrogens with zero attached hydrogens (tertiary/aromatic N) is 2. The molecule has 4 nitrogen and oxygen atoms in total. The van der Waals surface area contributed by atoms with E-state index in [1.807, 2.05) is 20.8 Å². The van der Waals surface area contributed by atoms with Crippen molar-refractivity contribution in [2.45, 2.75) is 33.3 Å². The van der Waals surface area contributed by atoms with Gasteiger partial charge in [-0.25, -0.2) is 9.97 Å². The second kappa shape index (κ2) is 4.37. The van der Waals surface area contributed by atoms with E-state index in [9.17, 15) is 0 Å².